The van der Waals surface area contributed by atoms with Gasteiger partial charge in [0.05, 0.1) is 6.04 Å². The van der Waals surface area contributed by atoms with Gasteiger partial charge < -0.3 is 10.6 Å². The van der Waals surface area contributed by atoms with E-state index in [1.54, 1.807) is 0 Å². The fourth-order valence-corrected chi connectivity index (χ4v) is 5.45. The lowest BCUT2D eigenvalue weighted by molar-refractivity contribution is 0.0934. The Kier molecular flexibility index (Phi) is 4.16. The van der Waals surface area contributed by atoms with E-state index in [1.807, 2.05) is 13.0 Å². The minimum atomic E-state index is -0.107. The number of Topliss-reactive ketones (excluding diaryl/α,β-unsaturated/α-hetero) is 1. The number of carbonyl (C=O) groups excluding carboxylic acids is 1. The van der Waals surface area contributed by atoms with Crippen molar-refractivity contribution in [3.63, 3.8) is 0 Å². The van der Waals surface area contributed by atoms with Crippen molar-refractivity contribution >= 4 is 11.5 Å². The quantitative estimate of drug-likeness (QED) is 0.803. The van der Waals surface area contributed by atoms with E-state index in [0.717, 1.165) is 29.7 Å². The van der Waals surface area contributed by atoms with Crippen LogP contribution in [0, 0.1) is 17.8 Å². The van der Waals surface area contributed by atoms with Gasteiger partial charge in [-0.1, -0.05) is 6.42 Å². The lowest BCUT2D eigenvalue weighted by atomic mass is 9.83. The number of carbonyl (C=O) groups is 1. The second kappa shape index (κ2) is 6.18. The number of anilines is 1. The molecule has 2 saturated carbocycles. The molecule has 1 aromatic carbocycles. The first-order valence-electron chi connectivity index (χ1n) is 9.71. The molecular formula is C21H30N2O. The molecule has 4 rings (SSSR count). The highest BCUT2D eigenvalue weighted by Gasteiger charge is 2.42. The molecule has 130 valence electrons. The summed E-state index contributed by atoms with van der Waals surface area (Å²) in [6, 6.07) is 6.94. The Morgan fingerprint density at radius 1 is 1.25 bits per heavy atom. The second-order valence-electron chi connectivity index (χ2n) is 8.50. The number of ketones is 1. The lowest BCUT2D eigenvalue weighted by Gasteiger charge is -2.30. The van der Waals surface area contributed by atoms with Crippen LogP contribution in [0.25, 0.3) is 0 Å². The molecule has 0 spiro atoms. The molecule has 2 N–H and O–H groups in total. The first kappa shape index (κ1) is 16.1. The van der Waals surface area contributed by atoms with Gasteiger partial charge in [0, 0.05) is 23.3 Å². The summed E-state index contributed by atoms with van der Waals surface area (Å²) in [6.07, 6.45) is 6.64. The van der Waals surface area contributed by atoms with Crippen LogP contribution in [0.15, 0.2) is 18.2 Å². The third-order valence-electron chi connectivity index (χ3n) is 6.66. The molecule has 2 bridgehead atoms. The zero-order valence-corrected chi connectivity index (χ0v) is 15.1. The highest BCUT2D eigenvalue weighted by atomic mass is 16.1. The van der Waals surface area contributed by atoms with Gasteiger partial charge in [-0.2, -0.15) is 0 Å². The molecule has 0 aromatic heterocycles. The highest BCUT2D eigenvalue weighted by Crippen LogP contribution is 2.49. The van der Waals surface area contributed by atoms with Crippen LogP contribution >= 0.6 is 0 Å². The van der Waals surface area contributed by atoms with Crippen molar-refractivity contribution in [1.29, 1.82) is 0 Å². The van der Waals surface area contributed by atoms with Crippen molar-refractivity contribution in [1.82, 2.24) is 5.32 Å². The molecule has 1 aromatic rings. The van der Waals surface area contributed by atoms with E-state index < -0.39 is 0 Å². The first-order chi connectivity index (χ1) is 11.5. The molecule has 1 heterocycles. The summed E-state index contributed by atoms with van der Waals surface area (Å²) >= 11 is 0. The van der Waals surface area contributed by atoms with Gasteiger partial charge in [-0.15, -0.1) is 0 Å². The summed E-state index contributed by atoms with van der Waals surface area (Å²) in [5, 5.41) is 7.07. The predicted molar refractivity (Wildman–Crippen MR) is 98.6 cm³/mol. The molecule has 0 radical (unpaired) electrons. The van der Waals surface area contributed by atoms with Crippen LogP contribution in [0.1, 0.15) is 62.4 Å². The molecule has 24 heavy (non-hydrogen) atoms. The maximum absolute atomic E-state index is 12.9. The number of nitrogens with one attached hydrogen (secondary N) is 2. The van der Waals surface area contributed by atoms with Crippen LogP contribution in [0.3, 0.4) is 0 Å². The average Bonchev–Trinajstić information content (AvgIpc) is 3.27. The largest absolute Gasteiger partial charge is 0.382 e. The van der Waals surface area contributed by atoms with E-state index in [9.17, 15) is 4.79 Å². The van der Waals surface area contributed by atoms with Crippen molar-refractivity contribution in [3.8, 4) is 0 Å². The third-order valence-corrected chi connectivity index (χ3v) is 6.66. The van der Waals surface area contributed by atoms with Crippen molar-refractivity contribution in [2.24, 2.45) is 17.8 Å². The van der Waals surface area contributed by atoms with Crippen LogP contribution in [0.2, 0.25) is 0 Å². The fourth-order valence-electron chi connectivity index (χ4n) is 5.45. The monoisotopic (exact) mass is 326 g/mol. The molecule has 1 aliphatic heterocycles. The van der Waals surface area contributed by atoms with Crippen LogP contribution in [0.4, 0.5) is 5.69 Å². The summed E-state index contributed by atoms with van der Waals surface area (Å²) < 4.78 is 0. The number of hydrogen-bond donors (Lipinski definition) is 2. The van der Waals surface area contributed by atoms with Gasteiger partial charge >= 0.3 is 0 Å². The molecule has 6 atom stereocenters. The first-order valence-corrected chi connectivity index (χ1v) is 9.71. The highest BCUT2D eigenvalue weighted by molar-refractivity contribution is 6.00. The summed E-state index contributed by atoms with van der Waals surface area (Å²) in [5.41, 5.74) is 3.32. The Morgan fingerprint density at radius 3 is 2.79 bits per heavy atom. The maximum Gasteiger partial charge on any atom is 0.179 e. The van der Waals surface area contributed by atoms with E-state index in [-0.39, 0.29) is 11.8 Å². The van der Waals surface area contributed by atoms with Crippen LogP contribution in [-0.4, -0.2) is 23.9 Å². The predicted octanol–water partition coefficient (Wildman–Crippen LogP) is 4.03. The Labute approximate surface area is 145 Å². The normalized spacial score (nSPS) is 33.1. The van der Waals surface area contributed by atoms with Gasteiger partial charge in [0.1, 0.15) is 0 Å². The molecule has 0 saturated heterocycles. The molecule has 0 amide bonds. The standard InChI is InChI=1S/C21H30N2O/c1-12-8-18-11-17(6-7-20(18)22-12)21(24)14(3)23-13(2)19-10-15-4-5-16(19)9-15/h6-7,11-16,19,22-23H,4-5,8-10H2,1-3H3. The molecule has 2 aliphatic carbocycles. The van der Waals surface area contributed by atoms with Gasteiger partial charge in [0.2, 0.25) is 0 Å². The molecule has 3 nitrogen and oxygen atoms in total. The second-order valence-corrected chi connectivity index (χ2v) is 8.50. The zero-order chi connectivity index (χ0) is 16.8. The van der Waals surface area contributed by atoms with E-state index in [1.165, 1.54) is 36.9 Å². The maximum atomic E-state index is 12.9. The topological polar surface area (TPSA) is 41.1 Å². The average molecular weight is 326 g/mol. The molecule has 2 fully saturated rings. The van der Waals surface area contributed by atoms with Crippen molar-refractivity contribution in [3.05, 3.63) is 29.3 Å². The molecule has 3 aliphatic rings. The van der Waals surface area contributed by atoms with E-state index in [2.05, 4.69) is 36.6 Å². The van der Waals surface area contributed by atoms with Gasteiger partial charge in [0.15, 0.2) is 5.78 Å². The third kappa shape index (κ3) is 2.88. The Balaban J connectivity index is 1.40. The Hall–Kier alpha value is -1.35. The van der Waals surface area contributed by atoms with E-state index in [0.29, 0.717) is 12.1 Å². The molecular weight excluding hydrogens is 296 g/mol. The summed E-state index contributed by atoms with van der Waals surface area (Å²) in [7, 11) is 0. The number of fused-ring (bicyclic) bond motifs is 3. The van der Waals surface area contributed by atoms with Crippen LogP contribution in [0.5, 0.6) is 0 Å². The van der Waals surface area contributed by atoms with Crippen molar-refractivity contribution in [2.45, 2.75) is 71.0 Å². The number of benzene rings is 1. The van der Waals surface area contributed by atoms with Gasteiger partial charge in [0.25, 0.3) is 0 Å². The SMILES string of the molecule is CC1Cc2cc(C(=O)C(C)NC(C)C3CC4CCC3C4)ccc2N1. The summed E-state index contributed by atoms with van der Waals surface area (Å²) in [5.74, 6) is 2.85. The van der Waals surface area contributed by atoms with Gasteiger partial charge in [-0.25, -0.2) is 0 Å². The number of rotatable bonds is 5. The van der Waals surface area contributed by atoms with Crippen molar-refractivity contribution < 1.29 is 4.79 Å². The van der Waals surface area contributed by atoms with E-state index in [4.69, 9.17) is 0 Å². The Morgan fingerprint density at radius 2 is 2.08 bits per heavy atom. The minimum absolute atomic E-state index is 0.107. The fraction of sp³-hybridized carbons (Fsp3) is 0.667. The zero-order valence-electron chi connectivity index (χ0n) is 15.1. The summed E-state index contributed by atoms with van der Waals surface area (Å²) in [6.45, 7) is 6.49. The number of hydrogen-bond acceptors (Lipinski definition) is 3. The minimum Gasteiger partial charge on any atom is -0.382 e. The molecule has 6 unspecified atom stereocenters. The van der Waals surface area contributed by atoms with Crippen LogP contribution < -0.4 is 10.6 Å². The smallest absolute Gasteiger partial charge is 0.179 e. The van der Waals surface area contributed by atoms with Gasteiger partial charge in [-0.05, 0) is 88.0 Å². The Bertz CT molecular complexity index is 641. The lowest BCUT2D eigenvalue weighted by Crippen LogP contribution is -2.44. The van der Waals surface area contributed by atoms with Gasteiger partial charge in [-0.3, -0.25) is 4.79 Å². The van der Waals surface area contributed by atoms with E-state index >= 15 is 0 Å². The van der Waals surface area contributed by atoms with Crippen molar-refractivity contribution in [2.75, 3.05) is 5.32 Å². The summed E-state index contributed by atoms with van der Waals surface area (Å²) in [4.78, 5) is 12.9. The molecule has 3 heteroatoms. The van der Waals surface area contributed by atoms with Crippen LogP contribution in [-0.2, 0) is 6.42 Å².